The van der Waals surface area contributed by atoms with Crippen LogP contribution in [0.1, 0.15) is 58.8 Å². The summed E-state index contributed by atoms with van der Waals surface area (Å²) in [6, 6.07) is -0.561. The molecule has 1 fully saturated rings. The quantitative estimate of drug-likeness (QED) is 0.738. The predicted octanol–water partition coefficient (Wildman–Crippen LogP) is 1.75. The van der Waals surface area contributed by atoms with Crippen molar-refractivity contribution in [2.24, 2.45) is 5.73 Å². The van der Waals surface area contributed by atoms with E-state index < -0.39 is 17.6 Å². The first kappa shape index (κ1) is 16.0. The number of unbranched alkanes of at least 4 members (excludes halogenated alkanes) is 1. The van der Waals surface area contributed by atoms with E-state index in [4.69, 9.17) is 5.73 Å². The summed E-state index contributed by atoms with van der Waals surface area (Å²) < 4.78 is 0. The van der Waals surface area contributed by atoms with Crippen molar-refractivity contribution in [3.8, 4) is 0 Å². The van der Waals surface area contributed by atoms with Crippen LogP contribution in [0.25, 0.3) is 0 Å². The first-order valence-electron chi connectivity index (χ1n) is 7.30. The average Bonchev–Trinajstić information content (AvgIpc) is 2.80. The van der Waals surface area contributed by atoms with Crippen molar-refractivity contribution in [1.29, 1.82) is 0 Å². The molecular weight excluding hydrogens is 244 g/mol. The maximum atomic E-state index is 12.4. The smallest absolute Gasteiger partial charge is 0.329 e. The molecule has 2 unspecified atom stereocenters. The summed E-state index contributed by atoms with van der Waals surface area (Å²) in [6.45, 7) is 4.51. The van der Waals surface area contributed by atoms with Gasteiger partial charge in [0.2, 0.25) is 5.91 Å². The molecule has 0 saturated carbocycles. The lowest BCUT2D eigenvalue weighted by molar-refractivity contribution is -0.157. The highest BCUT2D eigenvalue weighted by molar-refractivity contribution is 5.90. The SMILES string of the molecule is CCCCC(N)C(=O)N1CCCC1(CCC)C(=O)O. The number of hydrogen-bond acceptors (Lipinski definition) is 3. The number of nitrogens with two attached hydrogens (primary N) is 1. The van der Waals surface area contributed by atoms with Crippen molar-refractivity contribution in [1.82, 2.24) is 4.90 Å². The van der Waals surface area contributed by atoms with Gasteiger partial charge in [0.15, 0.2) is 0 Å². The molecule has 1 rings (SSSR count). The largest absolute Gasteiger partial charge is 0.479 e. The maximum absolute atomic E-state index is 12.4. The van der Waals surface area contributed by atoms with Crippen LogP contribution in [0, 0.1) is 0 Å². The van der Waals surface area contributed by atoms with Crippen LogP contribution in [0.3, 0.4) is 0 Å². The summed E-state index contributed by atoms with van der Waals surface area (Å²) in [7, 11) is 0. The number of rotatable bonds is 7. The van der Waals surface area contributed by atoms with Gasteiger partial charge in [-0.2, -0.15) is 0 Å². The van der Waals surface area contributed by atoms with E-state index >= 15 is 0 Å². The topological polar surface area (TPSA) is 83.6 Å². The third kappa shape index (κ3) is 3.26. The van der Waals surface area contributed by atoms with Gasteiger partial charge in [0.1, 0.15) is 5.54 Å². The molecule has 19 heavy (non-hydrogen) atoms. The molecule has 0 aliphatic carbocycles. The Morgan fingerprint density at radius 1 is 1.37 bits per heavy atom. The van der Waals surface area contributed by atoms with Gasteiger partial charge in [0.25, 0.3) is 0 Å². The van der Waals surface area contributed by atoms with Crippen LogP contribution in [0.4, 0.5) is 0 Å². The van der Waals surface area contributed by atoms with Crippen LogP contribution < -0.4 is 5.73 Å². The Balaban J connectivity index is 2.84. The van der Waals surface area contributed by atoms with Gasteiger partial charge in [-0.05, 0) is 25.7 Å². The summed E-state index contributed by atoms with van der Waals surface area (Å²) in [5.74, 6) is -1.08. The Labute approximate surface area is 115 Å². The fourth-order valence-corrected chi connectivity index (χ4v) is 2.95. The van der Waals surface area contributed by atoms with Crippen LogP contribution in [0.2, 0.25) is 0 Å². The molecule has 2 atom stereocenters. The minimum Gasteiger partial charge on any atom is -0.479 e. The summed E-state index contributed by atoms with van der Waals surface area (Å²) in [5.41, 5.74) is 4.90. The molecule has 5 nitrogen and oxygen atoms in total. The zero-order valence-corrected chi connectivity index (χ0v) is 12.0. The lowest BCUT2D eigenvalue weighted by Crippen LogP contribution is -2.57. The Kier molecular flexibility index (Phi) is 5.79. The minimum absolute atomic E-state index is 0.193. The molecule has 110 valence electrons. The molecular formula is C14H26N2O3. The Morgan fingerprint density at radius 2 is 2.05 bits per heavy atom. The lowest BCUT2D eigenvalue weighted by atomic mass is 9.90. The second kappa shape index (κ2) is 6.89. The first-order chi connectivity index (χ1) is 8.99. The molecule has 5 heteroatoms. The molecule has 0 aromatic heterocycles. The molecule has 0 aromatic rings. The monoisotopic (exact) mass is 270 g/mol. The number of carbonyl (C=O) groups is 2. The number of nitrogens with zero attached hydrogens (tertiary/aromatic N) is 1. The van der Waals surface area contributed by atoms with Crippen LogP contribution in [-0.4, -0.2) is 40.0 Å². The van der Waals surface area contributed by atoms with Crippen molar-refractivity contribution in [3.63, 3.8) is 0 Å². The van der Waals surface area contributed by atoms with E-state index in [0.29, 0.717) is 25.8 Å². The highest BCUT2D eigenvalue weighted by Gasteiger charge is 2.49. The molecule has 1 aliphatic heterocycles. The number of likely N-dealkylation sites (tertiary alicyclic amines) is 1. The molecule has 0 spiro atoms. The van der Waals surface area contributed by atoms with Crippen LogP contribution in [-0.2, 0) is 9.59 Å². The molecule has 0 bridgehead atoms. The number of carboxylic acids is 1. The number of hydrogen-bond donors (Lipinski definition) is 2. The molecule has 1 saturated heterocycles. The highest BCUT2D eigenvalue weighted by Crippen LogP contribution is 2.34. The third-order valence-corrected chi connectivity index (χ3v) is 4.00. The van der Waals surface area contributed by atoms with Gasteiger partial charge in [-0.1, -0.05) is 33.1 Å². The van der Waals surface area contributed by atoms with E-state index in [1.807, 2.05) is 13.8 Å². The zero-order valence-electron chi connectivity index (χ0n) is 12.0. The fourth-order valence-electron chi connectivity index (χ4n) is 2.95. The third-order valence-electron chi connectivity index (χ3n) is 4.00. The number of carboxylic acid groups (broad SMARTS) is 1. The van der Waals surface area contributed by atoms with Crippen molar-refractivity contribution >= 4 is 11.9 Å². The van der Waals surface area contributed by atoms with Gasteiger partial charge in [0.05, 0.1) is 6.04 Å². The molecule has 0 aromatic carbocycles. The Bertz CT molecular complexity index is 333. The second-order valence-electron chi connectivity index (χ2n) is 5.43. The van der Waals surface area contributed by atoms with Crippen molar-refractivity contribution in [3.05, 3.63) is 0 Å². The van der Waals surface area contributed by atoms with Crippen molar-refractivity contribution in [2.45, 2.75) is 70.4 Å². The van der Waals surface area contributed by atoms with Crippen molar-refractivity contribution < 1.29 is 14.7 Å². The van der Waals surface area contributed by atoms with Gasteiger partial charge in [-0.3, -0.25) is 4.79 Å². The van der Waals surface area contributed by atoms with Crippen LogP contribution in [0.15, 0.2) is 0 Å². The first-order valence-corrected chi connectivity index (χ1v) is 7.30. The maximum Gasteiger partial charge on any atom is 0.329 e. The predicted molar refractivity (Wildman–Crippen MR) is 73.7 cm³/mol. The summed E-state index contributed by atoms with van der Waals surface area (Å²) in [4.78, 5) is 25.5. The van der Waals surface area contributed by atoms with Gasteiger partial charge >= 0.3 is 5.97 Å². The minimum atomic E-state index is -1.02. The number of amides is 1. The average molecular weight is 270 g/mol. The van der Waals surface area contributed by atoms with Crippen LogP contribution >= 0.6 is 0 Å². The number of carbonyl (C=O) groups excluding carboxylic acids is 1. The van der Waals surface area contributed by atoms with E-state index in [0.717, 1.165) is 25.7 Å². The molecule has 1 amide bonds. The summed E-state index contributed by atoms with van der Waals surface area (Å²) in [5, 5.41) is 9.54. The molecule has 3 N–H and O–H groups in total. The Morgan fingerprint density at radius 3 is 2.58 bits per heavy atom. The van der Waals surface area contributed by atoms with E-state index in [1.165, 1.54) is 4.90 Å². The fraction of sp³-hybridized carbons (Fsp3) is 0.857. The van der Waals surface area contributed by atoms with E-state index in [2.05, 4.69) is 0 Å². The normalized spacial score (nSPS) is 24.5. The van der Waals surface area contributed by atoms with E-state index in [1.54, 1.807) is 0 Å². The van der Waals surface area contributed by atoms with Gasteiger partial charge in [0, 0.05) is 6.54 Å². The van der Waals surface area contributed by atoms with Crippen molar-refractivity contribution in [2.75, 3.05) is 6.54 Å². The standard InChI is InChI=1S/C14H26N2O3/c1-3-5-7-11(15)12(17)16-10-6-9-14(16,8-4-2)13(18)19/h11H,3-10,15H2,1-2H3,(H,18,19). The van der Waals surface area contributed by atoms with E-state index in [9.17, 15) is 14.7 Å². The lowest BCUT2D eigenvalue weighted by Gasteiger charge is -2.36. The second-order valence-corrected chi connectivity index (χ2v) is 5.43. The molecule has 0 radical (unpaired) electrons. The highest BCUT2D eigenvalue weighted by atomic mass is 16.4. The molecule has 1 heterocycles. The van der Waals surface area contributed by atoms with Gasteiger partial charge in [-0.25, -0.2) is 4.79 Å². The molecule has 1 aliphatic rings. The van der Waals surface area contributed by atoms with Gasteiger partial charge in [-0.15, -0.1) is 0 Å². The summed E-state index contributed by atoms with van der Waals surface area (Å²) >= 11 is 0. The van der Waals surface area contributed by atoms with Gasteiger partial charge < -0.3 is 15.7 Å². The van der Waals surface area contributed by atoms with E-state index in [-0.39, 0.29) is 5.91 Å². The van der Waals surface area contributed by atoms with Crippen LogP contribution in [0.5, 0.6) is 0 Å². The summed E-state index contributed by atoms with van der Waals surface area (Å²) in [6.07, 6.45) is 5.07. The number of aliphatic carboxylic acids is 1. The Hall–Kier alpha value is -1.10. The zero-order chi connectivity index (χ0) is 14.5.